The molecular formula is C10H12ClNO5S. The summed E-state index contributed by atoms with van der Waals surface area (Å²) in [5.41, 5.74) is -0.491. The smallest absolute Gasteiger partial charge is 0.266 e. The first-order valence-corrected chi connectivity index (χ1v) is 7.12. The second-order valence-corrected chi connectivity index (χ2v) is 5.36. The molecule has 0 bridgehead atoms. The lowest BCUT2D eigenvalue weighted by Gasteiger charge is -2.05. The zero-order valence-electron chi connectivity index (χ0n) is 9.41. The van der Waals surface area contributed by atoms with Crippen LogP contribution in [0.1, 0.15) is 12.8 Å². The lowest BCUT2D eigenvalue weighted by molar-refractivity contribution is -0.387. The van der Waals surface area contributed by atoms with Gasteiger partial charge in [-0.3, -0.25) is 14.3 Å². The number of nitro benzene ring substituents is 1. The maximum absolute atomic E-state index is 11.8. The maximum atomic E-state index is 11.8. The first kappa shape index (κ1) is 14.9. The van der Waals surface area contributed by atoms with Crippen molar-refractivity contribution in [3.05, 3.63) is 34.4 Å². The number of hydrogen-bond acceptors (Lipinski definition) is 5. The molecule has 0 amide bonds. The number of unbranched alkanes of at least 4 members (excludes halogenated alkanes) is 1. The minimum atomic E-state index is -4.10. The van der Waals surface area contributed by atoms with Crippen LogP contribution in [0.5, 0.6) is 0 Å². The van der Waals surface area contributed by atoms with Gasteiger partial charge in [0.2, 0.25) is 0 Å². The summed E-state index contributed by atoms with van der Waals surface area (Å²) in [6, 6.07) is 5.07. The van der Waals surface area contributed by atoms with Gasteiger partial charge in [-0.2, -0.15) is 8.42 Å². The molecule has 0 atom stereocenters. The second-order valence-electron chi connectivity index (χ2n) is 3.40. The Labute approximate surface area is 110 Å². The zero-order chi connectivity index (χ0) is 13.6. The highest BCUT2D eigenvalue weighted by Gasteiger charge is 2.25. The van der Waals surface area contributed by atoms with Crippen molar-refractivity contribution in [1.29, 1.82) is 0 Å². The zero-order valence-corrected chi connectivity index (χ0v) is 11.0. The molecule has 1 aromatic carbocycles. The van der Waals surface area contributed by atoms with Gasteiger partial charge in [0.25, 0.3) is 5.69 Å². The molecule has 0 unspecified atom stereocenters. The van der Waals surface area contributed by atoms with Crippen molar-refractivity contribution >= 4 is 27.4 Å². The Morgan fingerprint density at radius 1 is 1.28 bits per heavy atom. The Bertz CT molecular complexity index is 517. The average molecular weight is 294 g/mol. The summed E-state index contributed by atoms with van der Waals surface area (Å²) in [5.74, 6) is 0.412. The minimum absolute atomic E-state index is 0.0406. The van der Waals surface area contributed by atoms with Gasteiger partial charge in [-0.15, -0.1) is 11.6 Å². The van der Waals surface area contributed by atoms with E-state index in [1.165, 1.54) is 12.1 Å². The Hall–Kier alpha value is -1.18. The molecule has 0 aliphatic rings. The predicted molar refractivity (Wildman–Crippen MR) is 66.2 cm³/mol. The largest absolute Gasteiger partial charge is 0.303 e. The molecule has 100 valence electrons. The van der Waals surface area contributed by atoms with Gasteiger partial charge in [-0.25, -0.2) is 0 Å². The van der Waals surface area contributed by atoms with Crippen LogP contribution in [0.2, 0.25) is 0 Å². The predicted octanol–water partition coefficient (Wildman–Crippen LogP) is 2.32. The van der Waals surface area contributed by atoms with E-state index in [0.29, 0.717) is 18.7 Å². The van der Waals surface area contributed by atoms with Crippen molar-refractivity contribution < 1.29 is 17.5 Å². The number of alkyl halides is 1. The number of nitro groups is 1. The number of rotatable bonds is 7. The van der Waals surface area contributed by atoms with Gasteiger partial charge in [0.15, 0.2) is 4.90 Å². The van der Waals surface area contributed by atoms with Crippen LogP contribution in [0.4, 0.5) is 5.69 Å². The van der Waals surface area contributed by atoms with Crippen molar-refractivity contribution in [1.82, 2.24) is 0 Å². The van der Waals surface area contributed by atoms with Crippen molar-refractivity contribution in [2.45, 2.75) is 17.7 Å². The van der Waals surface area contributed by atoms with Crippen molar-refractivity contribution in [2.24, 2.45) is 0 Å². The van der Waals surface area contributed by atoms with Crippen LogP contribution in [0, 0.1) is 10.1 Å². The van der Waals surface area contributed by atoms with Gasteiger partial charge in [0.05, 0.1) is 11.5 Å². The molecule has 0 saturated carbocycles. The van der Waals surface area contributed by atoms with Crippen LogP contribution >= 0.6 is 11.6 Å². The topological polar surface area (TPSA) is 86.5 Å². The summed E-state index contributed by atoms with van der Waals surface area (Å²) >= 11 is 5.44. The average Bonchev–Trinajstić information content (AvgIpc) is 2.35. The highest BCUT2D eigenvalue weighted by Crippen LogP contribution is 2.24. The third kappa shape index (κ3) is 3.94. The van der Waals surface area contributed by atoms with Crippen LogP contribution in [0.15, 0.2) is 29.2 Å². The minimum Gasteiger partial charge on any atom is -0.266 e. The molecule has 0 aromatic heterocycles. The Morgan fingerprint density at radius 3 is 2.56 bits per heavy atom. The van der Waals surface area contributed by atoms with E-state index in [1.807, 2.05) is 0 Å². The fourth-order valence-corrected chi connectivity index (χ4v) is 2.55. The normalized spacial score (nSPS) is 11.4. The monoisotopic (exact) mass is 293 g/mol. The van der Waals surface area contributed by atoms with E-state index < -0.39 is 25.6 Å². The van der Waals surface area contributed by atoms with E-state index in [9.17, 15) is 18.5 Å². The molecule has 6 nitrogen and oxygen atoms in total. The highest BCUT2D eigenvalue weighted by molar-refractivity contribution is 7.87. The van der Waals surface area contributed by atoms with Gasteiger partial charge < -0.3 is 0 Å². The van der Waals surface area contributed by atoms with Gasteiger partial charge in [0, 0.05) is 11.9 Å². The number of para-hydroxylation sites is 1. The van der Waals surface area contributed by atoms with E-state index in [2.05, 4.69) is 0 Å². The fourth-order valence-electron chi connectivity index (χ4n) is 1.25. The molecule has 18 heavy (non-hydrogen) atoms. The molecule has 0 aliphatic heterocycles. The molecule has 0 fully saturated rings. The fraction of sp³-hybridized carbons (Fsp3) is 0.400. The van der Waals surface area contributed by atoms with Gasteiger partial charge in [-0.1, -0.05) is 12.1 Å². The van der Waals surface area contributed by atoms with Crippen molar-refractivity contribution in [2.75, 3.05) is 12.5 Å². The standard InChI is InChI=1S/C10H12ClNO5S/c11-7-3-4-8-17-18(15,16)10-6-2-1-5-9(10)12(13)14/h1-2,5-6H,3-4,7-8H2. The van der Waals surface area contributed by atoms with Gasteiger partial charge in [-0.05, 0) is 18.9 Å². The molecular weight excluding hydrogens is 282 g/mol. The van der Waals surface area contributed by atoms with Crippen molar-refractivity contribution in [3.8, 4) is 0 Å². The molecule has 0 spiro atoms. The number of halogens is 1. The number of nitrogens with zero attached hydrogens (tertiary/aromatic N) is 1. The van der Waals surface area contributed by atoms with Gasteiger partial charge >= 0.3 is 10.1 Å². The SMILES string of the molecule is O=[N+]([O-])c1ccccc1S(=O)(=O)OCCCCCl. The van der Waals surface area contributed by atoms with E-state index in [-0.39, 0.29) is 6.61 Å². The van der Waals surface area contributed by atoms with Gasteiger partial charge in [0.1, 0.15) is 0 Å². The summed E-state index contributed by atoms with van der Waals surface area (Å²) in [4.78, 5) is 9.53. The van der Waals surface area contributed by atoms with Crippen LogP contribution in [-0.2, 0) is 14.3 Å². The molecule has 0 N–H and O–H groups in total. The van der Waals surface area contributed by atoms with Crippen LogP contribution in [-0.4, -0.2) is 25.8 Å². The Balaban J connectivity index is 2.88. The Kier molecular flexibility index (Phi) is 5.52. The lowest BCUT2D eigenvalue weighted by atomic mass is 10.3. The Morgan fingerprint density at radius 2 is 1.94 bits per heavy atom. The third-order valence-electron chi connectivity index (χ3n) is 2.10. The highest BCUT2D eigenvalue weighted by atomic mass is 35.5. The summed E-state index contributed by atoms with van der Waals surface area (Å²) < 4.78 is 28.2. The van der Waals surface area contributed by atoms with E-state index in [1.54, 1.807) is 0 Å². The molecule has 0 aliphatic carbocycles. The quantitative estimate of drug-likeness (QED) is 0.253. The first-order valence-electron chi connectivity index (χ1n) is 5.18. The molecule has 0 saturated heterocycles. The van der Waals surface area contributed by atoms with E-state index in [0.717, 1.165) is 12.1 Å². The molecule has 1 rings (SSSR count). The van der Waals surface area contributed by atoms with E-state index in [4.69, 9.17) is 15.8 Å². The number of hydrogen-bond donors (Lipinski definition) is 0. The molecule has 0 heterocycles. The van der Waals surface area contributed by atoms with Crippen molar-refractivity contribution in [3.63, 3.8) is 0 Å². The van der Waals surface area contributed by atoms with Crippen LogP contribution < -0.4 is 0 Å². The molecule has 8 heteroatoms. The summed E-state index contributed by atoms with van der Waals surface area (Å²) in [5, 5.41) is 10.7. The molecule has 1 aromatic rings. The summed E-state index contributed by atoms with van der Waals surface area (Å²) in [6.45, 7) is -0.0406. The molecule has 0 radical (unpaired) electrons. The lowest BCUT2D eigenvalue weighted by Crippen LogP contribution is -2.10. The summed E-state index contributed by atoms with van der Waals surface area (Å²) in [6.07, 6.45) is 1.09. The summed E-state index contributed by atoms with van der Waals surface area (Å²) in [7, 11) is -4.10. The third-order valence-corrected chi connectivity index (χ3v) is 3.73. The first-order chi connectivity index (χ1) is 8.49. The maximum Gasteiger partial charge on any atom is 0.303 e. The van der Waals surface area contributed by atoms with Crippen LogP contribution in [0.3, 0.4) is 0 Å². The second kappa shape index (κ2) is 6.67. The van der Waals surface area contributed by atoms with E-state index >= 15 is 0 Å². The van der Waals surface area contributed by atoms with Crippen LogP contribution in [0.25, 0.3) is 0 Å². The number of benzene rings is 1.